The van der Waals surface area contributed by atoms with E-state index in [1.165, 1.54) is 31.7 Å². The van der Waals surface area contributed by atoms with Crippen molar-refractivity contribution < 1.29 is 9.13 Å². The second-order valence-corrected chi connectivity index (χ2v) is 5.47. The summed E-state index contributed by atoms with van der Waals surface area (Å²) < 4.78 is 19.4. The number of halogens is 1. The molecular formula is C16H24FNO. The van der Waals surface area contributed by atoms with Crippen molar-refractivity contribution in [2.45, 2.75) is 58.3 Å². The minimum atomic E-state index is -0.225. The first kappa shape index (κ1) is 14.5. The predicted molar refractivity (Wildman–Crippen MR) is 75.1 cm³/mol. The van der Waals surface area contributed by atoms with Gasteiger partial charge in [0.2, 0.25) is 0 Å². The first-order valence-electron chi connectivity index (χ1n) is 7.33. The van der Waals surface area contributed by atoms with Gasteiger partial charge in [0.05, 0.1) is 12.7 Å². The fourth-order valence-corrected chi connectivity index (χ4v) is 2.98. The summed E-state index contributed by atoms with van der Waals surface area (Å²) in [7, 11) is 0. The van der Waals surface area contributed by atoms with Gasteiger partial charge in [-0.25, -0.2) is 4.39 Å². The molecule has 19 heavy (non-hydrogen) atoms. The highest BCUT2D eigenvalue weighted by Gasteiger charge is 2.24. The molecule has 0 heterocycles. The number of ether oxygens (including phenoxy) is 1. The molecule has 1 aliphatic rings. The van der Waals surface area contributed by atoms with Crippen LogP contribution in [0, 0.1) is 11.7 Å². The van der Waals surface area contributed by atoms with E-state index < -0.39 is 0 Å². The highest BCUT2D eigenvalue weighted by Crippen LogP contribution is 2.29. The Morgan fingerprint density at radius 1 is 1.21 bits per heavy atom. The molecule has 0 bridgehead atoms. The van der Waals surface area contributed by atoms with Crippen molar-refractivity contribution in [1.29, 1.82) is 0 Å². The van der Waals surface area contributed by atoms with E-state index in [-0.39, 0.29) is 5.82 Å². The van der Waals surface area contributed by atoms with Crippen LogP contribution in [0.25, 0.3) is 0 Å². The van der Waals surface area contributed by atoms with Crippen molar-refractivity contribution in [3.63, 3.8) is 0 Å². The van der Waals surface area contributed by atoms with Gasteiger partial charge in [-0.15, -0.1) is 0 Å². The lowest BCUT2D eigenvalue weighted by molar-refractivity contribution is -0.0222. The highest BCUT2D eigenvalue weighted by molar-refractivity contribution is 5.24. The number of nitrogens with two attached hydrogens (primary N) is 1. The molecule has 0 amide bonds. The maximum absolute atomic E-state index is 13.4. The summed E-state index contributed by atoms with van der Waals surface area (Å²) in [4.78, 5) is 0. The van der Waals surface area contributed by atoms with Crippen LogP contribution in [0.15, 0.2) is 18.2 Å². The lowest BCUT2D eigenvalue weighted by Crippen LogP contribution is -2.27. The van der Waals surface area contributed by atoms with Crippen LogP contribution in [-0.2, 0) is 17.9 Å². The topological polar surface area (TPSA) is 35.2 Å². The largest absolute Gasteiger partial charge is 0.373 e. The van der Waals surface area contributed by atoms with E-state index in [1.54, 1.807) is 6.07 Å². The van der Waals surface area contributed by atoms with Crippen molar-refractivity contribution >= 4 is 0 Å². The molecule has 1 aliphatic carbocycles. The van der Waals surface area contributed by atoms with Crippen LogP contribution in [0.3, 0.4) is 0 Å². The lowest BCUT2D eigenvalue weighted by atomic mass is 9.85. The normalized spacial score (nSPS) is 23.5. The molecule has 2 nitrogen and oxygen atoms in total. The summed E-state index contributed by atoms with van der Waals surface area (Å²) in [5.41, 5.74) is 7.28. The quantitative estimate of drug-likeness (QED) is 0.879. The Kier molecular flexibility index (Phi) is 5.34. The molecule has 2 atom stereocenters. The second kappa shape index (κ2) is 7.01. The Hall–Kier alpha value is -0.930. The van der Waals surface area contributed by atoms with Crippen LogP contribution in [0.5, 0.6) is 0 Å². The summed E-state index contributed by atoms with van der Waals surface area (Å²) >= 11 is 0. The molecule has 0 aliphatic heterocycles. The molecule has 0 spiro atoms. The van der Waals surface area contributed by atoms with E-state index in [2.05, 4.69) is 6.92 Å². The van der Waals surface area contributed by atoms with Gasteiger partial charge in [-0.2, -0.15) is 0 Å². The highest BCUT2D eigenvalue weighted by atomic mass is 19.1. The van der Waals surface area contributed by atoms with E-state index in [1.807, 2.05) is 6.07 Å². The zero-order valence-corrected chi connectivity index (χ0v) is 11.7. The van der Waals surface area contributed by atoms with Crippen LogP contribution in [0.1, 0.15) is 50.2 Å². The van der Waals surface area contributed by atoms with Crippen LogP contribution in [0.4, 0.5) is 4.39 Å². The van der Waals surface area contributed by atoms with Gasteiger partial charge in [-0.3, -0.25) is 0 Å². The molecule has 1 aromatic carbocycles. The van der Waals surface area contributed by atoms with Crippen molar-refractivity contribution in [3.8, 4) is 0 Å². The van der Waals surface area contributed by atoms with Crippen LogP contribution in [-0.4, -0.2) is 6.10 Å². The fourth-order valence-electron chi connectivity index (χ4n) is 2.98. The van der Waals surface area contributed by atoms with Gasteiger partial charge in [-0.05, 0) is 42.0 Å². The Morgan fingerprint density at radius 2 is 1.95 bits per heavy atom. The lowest BCUT2D eigenvalue weighted by Gasteiger charge is -2.30. The van der Waals surface area contributed by atoms with Gasteiger partial charge in [0, 0.05) is 6.54 Å². The maximum atomic E-state index is 13.4. The third kappa shape index (κ3) is 4.02. The van der Waals surface area contributed by atoms with Crippen molar-refractivity contribution in [2.24, 2.45) is 11.7 Å². The Morgan fingerprint density at radius 3 is 2.68 bits per heavy atom. The molecule has 3 heteroatoms. The molecule has 2 N–H and O–H groups in total. The third-order valence-electron chi connectivity index (χ3n) is 4.08. The van der Waals surface area contributed by atoms with Gasteiger partial charge in [0.1, 0.15) is 5.82 Å². The Balaban J connectivity index is 1.95. The predicted octanol–water partition coefficient (Wildman–Crippen LogP) is 3.77. The van der Waals surface area contributed by atoms with Crippen LogP contribution in [0.2, 0.25) is 0 Å². The van der Waals surface area contributed by atoms with E-state index in [4.69, 9.17) is 10.5 Å². The van der Waals surface area contributed by atoms with Crippen molar-refractivity contribution in [2.75, 3.05) is 0 Å². The fraction of sp³-hybridized carbons (Fsp3) is 0.625. The van der Waals surface area contributed by atoms with Gasteiger partial charge in [0.15, 0.2) is 0 Å². The Labute approximate surface area is 115 Å². The third-order valence-corrected chi connectivity index (χ3v) is 4.08. The Bertz CT molecular complexity index is 408. The van der Waals surface area contributed by atoms with E-state index in [0.717, 1.165) is 17.5 Å². The second-order valence-electron chi connectivity index (χ2n) is 5.47. The molecule has 1 fully saturated rings. The molecule has 2 rings (SSSR count). The molecule has 106 valence electrons. The maximum Gasteiger partial charge on any atom is 0.123 e. The number of hydrogen-bond acceptors (Lipinski definition) is 2. The molecule has 1 aromatic rings. The number of rotatable bonds is 5. The van der Waals surface area contributed by atoms with Crippen molar-refractivity contribution in [1.82, 2.24) is 0 Å². The van der Waals surface area contributed by atoms with Crippen molar-refractivity contribution in [3.05, 3.63) is 35.1 Å². The molecule has 0 saturated heterocycles. The summed E-state index contributed by atoms with van der Waals surface area (Å²) in [6.45, 7) is 3.08. The molecule has 0 aromatic heterocycles. The number of benzene rings is 1. The zero-order chi connectivity index (χ0) is 13.7. The standard InChI is InChI=1S/C16H24FNO/c1-2-14-5-3-4-6-16(14)19-11-13-7-12(10-18)8-15(17)9-13/h7-9,14,16H,2-6,10-11,18H2,1H3. The summed E-state index contributed by atoms with van der Waals surface area (Å²) in [5.74, 6) is 0.438. The molecule has 1 saturated carbocycles. The first-order chi connectivity index (χ1) is 9.22. The zero-order valence-electron chi connectivity index (χ0n) is 11.7. The first-order valence-corrected chi connectivity index (χ1v) is 7.33. The summed E-state index contributed by atoms with van der Waals surface area (Å²) in [5, 5.41) is 0. The van der Waals surface area contributed by atoms with Gasteiger partial charge in [-0.1, -0.05) is 32.3 Å². The van der Waals surface area contributed by atoms with E-state index >= 15 is 0 Å². The van der Waals surface area contributed by atoms with Gasteiger partial charge in [0.25, 0.3) is 0 Å². The molecule has 2 unspecified atom stereocenters. The SMILES string of the molecule is CCC1CCCCC1OCc1cc(F)cc(CN)c1. The van der Waals surface area contributed by atoms with Gasteiger partial charge >= 0.3 is 0 Å². The average Bonchev–Trinajstić information content (AvgIpc) is 2.44. The minimum Gasteiger partial charge on any atom is -0.373 e. The average molecular weight is 265 g/mol. The number of hydrogen-bond donors (Lipinski definition) is 1. The monoisotopic (exact) mass is 265 g/mol. The minimum absolute atomic E-state index is 0.225. The van der Waals surface area contributed by atoms with E-state index in [0.29, 0.717) is 25.2 Å². The molecular weight excluding hydrogens is 241 g/mol. The molecule has 0 radical (unpaired) electrons. The van der Waals surface area contributed by atoms with E-state index in [9.17, 15) is 4.39 Å². The summed E-state index contributed by atoms with van der Waals surface area (Å²) in [6, 6.07) is 4.97. The smallest absolute Gasteiger partial charge is 0.123 e. The van der Waals surface area contributed by atoms with Gasteiger partial charge < -0.3 is 10.5 Å². The van der Waals surface area contributed by atoms with Crippen LogP contribution >= 0.6 is 0 Å². The van der Waals surface area contributed by atoms with Crippen LogP contribution < -0.4 is 5.73 Å². The summed E-state index contributed by atoms with van der Waals surface area (Å²) in [6.07, 6.45) is 6.47.